The number of hydrogen-bond donors (Lipinski definition) is 2. The van der Waals surface area contributed by atoms with Crippen molar-refractivity contribution in [2.24, 2.45) is 5.92 Å². The van der Waals surface area contributed by atoms with Crippen molar-refractivity contribution in [1.82, 2.24) is 5.32 Å². The summed E-state index contributed by atoms with van der Waals surface area (Å²) in [6.07, 6.45) is 4.58. The van der Waals surface area contributed by atoms with E-state index in [-0.39, 0.29) is 6.03 Å². The maximum Gasteiger partial charge on any atom is 0.319 e. The summed E-state index contributed by atoms with van der Waals surface area (Å²) in [6.45, 7) is 2.98. The number of thiophene rings is 1. The summed E-state index contributed by atoms with van der Waals surface area (Å²) in [5.41, 5.74) is 3.69. The minimum Gasteiger partial charge on any atom is -0.338 e. The summed E-state index contributed by atoms with van der Waals surface area (Å²) in [6, 6.07) is 6.92. The minimum atomic E-state index is -0.176. The average Bonchev–Trinajstić information content (AvgIpc) is 2.92. The number of hydrogen-bond acceptors (Lipinski definition) is 2. The summed E-state index contributed by atoms with van der Waals surface area (Å²) in [4.78, 5) is 13.5. The Labute approximate surface area is 146 Å². The molecule has 122 valence electrons. The second-order valence-corrected chi connectivity index (χ2v) is 7.55. The van der Waals surface area contributed by atoms with Crippen molar-refractivity contribution < 1.29 is 4.79 Å². The molecule has 3 rings (SSSR count). The minimum absolute atomic E-state index is 0.176. The number of carbonyl (C=O) groups is 1. The normalized spacial score (nSPS) is 16.7. The van der Waals surface area contributed by atoms with E-state index >= 15 is 0 Å². The molecule has 1 unspecified atom stereocenters. The Morgan fingerprint density at radius 2 is 2.13 bits per heavy atom. The quantitative estimate of drug-likeness (QED) is 0.811. The van der Waals surface area contributed by atoms with Crippen LogP contribution in [0.25, 0.3) is 0 Å². The van der Waals surface area contributed by atoms with Crippen molar-refractivity contribution in [1.29, 1.82) is 0 Å². The van der Waals surface area contributed by atoms with Gasteiger partial charge in [-0.05, 0) is 72.4 Å². The van der Waals surface area contributed by atoms with E-state index in [1.165, 1.54) is 30.4 Å². The van der Waals surface area contributed by atoms with E-state index in [1.54, 1.807) is 29.1 Å². The van der Waals surface area contributed by atoms with Crippen molar-refractivity contribution in [3.8, 4) is 0 Å². The van der Waals surface area contributed by atoms with E-state index < -0.39 is 0 Å². The second kappa shape index (κ2) is 7.37. The fourth-order valence-electron chi connectivity index (χ4n) is 2.97. The van der Waals surface area contributed by atoms with E-state index in [1.807, 2.05) is 11.3 Å². The Kier molecular flexibility index (Phi) is 5.23. The second-order valence-electron chi connectivity index (χ2n) is 6.15. The van der Waals surface area contributed by atoms with Gasteiger partial charge in [-0.15, -0.1) is 11.3 Å². The summed E-state index contributed by atoms with van der Waals surface area (Å²) < 4.78 is 0. The first-order valence-corrected chi connectivity index (χ1v) is 9.26. The van der Waals surface area contributed by atoms with Gasteiger partial charge in [0, 0.05) is 22.1 Å². The molecule has 3 nitrogen and oxygen atoms in total. The van der Waals surface area contributed by atoms with Gasteiger partial charge in [0.1, 0.15) is 0 Å². The average molecular weight is 349 g/mol. The van der Waals surface area contributed by atoms with Crippen LogP contribution in [0.2, 0.25) is 5.02 Å². The molecule has 1 aromatic carbocycles. The Hall–Kier alpha value is -1.52. The predicted octanol–water partition coefficient (Wildman–Crippen LogP) is 4.89. The van der Waals surface area contributed by atoms with Crippen LogP contribution in [0.3, 0.4) is 0 Å². The molecule has 1 aromatic heterocycles. The Morgan fingerprint density at radius 3 is 2.91 bits per heavy atom. The third-order valence-corrected chi connectivity index (χ3v) is 5.62. The molecule has 23 heavy (non-hydrogen) atoms. The van der Waals surface area contributed by atoms with E-state index in [0.29, 0.717) is 11.6 Å². The molecule has 1 aliphatic carbocycles. The van der Waals surface area contributed by atoms with Gasteiger partial charge in [0.05, 0.1) is 0 Å². The summed E-state index contributed by atoms with van der Waals surface area (Å²) in [7, 11) is 0. The molecule has 0 aliphatic heterocycles. The summed E-state index contributed by atoms with van der Waals surface area (Å²) in [5, 5.41) is 8.66. The van der Waals surface area contributed by atoms with Crippen LogP contribution in [-0.4, -0.2) is 12.6 Å². The highest BCUT2D eigenvalue weighted by Gasteiger charge is 2.19. The molecule has 2 N–H and O–H groups in total. The monoisotopic (exact) mass is 348 g/mol. The van der Waals surface area contributed by atoms with Crippen LogP contribution in [0.4, 0.5) is 10.5 Å². The third kappa shape index (κ3) is 4.27. The van der Waals surface area contributed by atoms with Crippen LogP contribution < -0.4 is 10.6 Å². The molecule has 1 aliphatic rings. The number of benzene rings is 1. The zero-order valence-electron chi connectivity index (χ0n) is 13.2. The van der Waals surface area contributed by atoms with Gasteiger partial charge >= 0.3 is 6.03 Å². The molecule has 0 radical (unpaired) electrons. The molecule has 1 atom stereocenters. The molecular weight excluding hydrogens is 328 g/mol. The molecule has 0 bridgehead atoms. The smallest absolute Gasteiger partial charge is 0.319 e. The fraction of sp³-hybridized carbons (Fsp3) is 0.389. The number of nitrogens with one attached hydrogen (secondary N) is 2. The number of carbonyl (C=O) groups excluding carboxylic acids is 1. The van der Waals surface area contributed by atoms with E-state index in [9.17, 15) is 4.79 Å². The van der Waals surface area contributed by atoms with Gasteiger partial charge in [-0.25, -0.2) is 4.79 Å². The van der Waals surface area contributed by atoms with Crippen LogP contribution in [0, 0.1) is 5.92 Å². The van der Waals surface area contributed by atoms with Crippen LogP contribution >= 0.6 is 22.9 Å². The van der Waals surface area contributed by atoms with E-state index in [0.717, 1.165) is 18.0 Å². The number of rotatable bonds is 4. The lowest BCUT2D eigenvalue weighted by molar-refractivity contribution is 0.252. The van der Waals surface area contributed by atoms with Gasteiger partial charge in [0.15, 0.2) is 0 Å². The molecule has 0 spiro atoms. The summed E-state index contributed by atoms with van der Waals surface area (Å²) >= 11 is 7.71. The molecule has 2 aromatic rings. The van der Waals surface area contributed by atoms with Crippen LogP contribution in [0.1, 0.15) is 29.3 Å². The molecule has 1 heterocycles. The number of halogens is 1. The van der Waals surface area contributed by atoms with Gasteiger partial charge in [0.25, 0.3) is 0 Å². The topological polar surface area (TPSA) is 41.1 Å². The van der Waals surface area contributed by atoms with Crippen molar-refractivity contribution in [3.05, 3.63) is 50.7 Å². The van der Waals surface area contributed by atoms with Crippen LogP contribution in [-0.2, 0) is 19.3 Å². The molecule has 0 saturated carbocycles. The van der Waals surface area contributed by atoms with Crippen molar-refractivity contribution in [2.45, 2.75) is 32.6 Å². The molecule has 0 fully saturated rings. The summed E-state index contributed by atoms with van der Waals surface area (Å²) in [5.74, 6) is 0.803. The third-order valence-electron chi connectivity index (χ3n) is 4.27. The first-order chi connectivity index (χ1) is 11.1. The first kappa shape index (κ1) is 16.3. The predicted molar refractivity (Wildman–Crippen MR) is 97.7 cm³/mol. The van der Waals surface area contributed by atoms with Crippen molar-refractivity contribution in [3.63, 3.8) is 0 Å². The standard InChI is InChI=1S/C18H21ClN2OS/c1-12-2-7-16-13(11-23-17(16)10-12)8-9-20-18(22)21-15-5-3-14(19)4-6-15/h3-6,11-12H,2,7-10H2,1H3,(H2,20,21,22). The SMILES string of the molecule is CC1CCc2c(CCNC(=O)Nc3ccc(Cl)cc3)csc2C1. The zero-order valence-corrected chi connectivity index (χ0v) is 14.8. The first-order valence-electron chi connectivity index (χ1n) is 8.00. The largest absolute Gasteiger partial charge is 0.338 e. The van der Waals surface area contributed by atoms with Gasteiger partial charge in [-0.3, -0.25) is 0 Å². The highest BCUT2D eigenvalue weighted by Crippen LogP contribution is 2.32. The van der Waals surface area contributed by atoms with E-state index in [4.69, 9.17) is 11.6 Å². The molecule has 2 amide bonds. The van der Waals surface area contributed by atoms with Gasteiger partial charge < -0.3 is 10.6 Å². The molecular formula is C18H21ClN2OS. The fourth-order valence-corrected chi connectivity index (χ4v) is 4.40. The van der Waals surface area contributed by atoms with Gasteiger partial charge in [-0.1, -0.05) is 18.5 Å². The molecule has 0 saturated heterocycles. The van der Waals surface area contributed by atoms with Crippen LogP contribution in [0.5, 0.6) is 0 Å². The molecule has 5 heteroatoms. The van der Waals surface area contributed by atoms with Gasteiger partial charge in [0.2, 0.25) is 0 Å². The van der Waals surface area contributed by atoms with Crippen LogP contribution in [0.15, 0.2) is 29.6 Å². The number of fused-ring (bicyclic) bond motifs is 1. The van der Waals surface area contributed by atoms with Crippen molar-refractivity contribution >= 4 is 34.7 Å². The number of urea groups is 1. The van der Waals surface area contributed by atoms with Crippen molar-refractivity contribution in [2.75, 3.05) is 11.9 Å². The van der Waals surface area contributed by atoms with E-state index in [2.05, 4.69) is 22.9 Å². The maximum atomic E-state index is 11.9. The Balaban J connectivity index is 1.48. The lowest BCUT2D eigenvalue weighted by atomic mass is 9.88. The lowest BCUT2D eigenvalue weighted by Gasteiger charge is -2.19. The number of anilines is 1. The Bertz CT molecular complexity index is 681. The van der Waals surface area contributed by atoms with Gasteiger partial charge in [-0.2, -0.15) is 0 Å². The highest BCUT2D eigenvalue weighted by molar-refractivity contribution is 7.10. The zero-order chi connectivity index (χ0) is 16.2. The highest BCUT2D eigenvalue weighted by atomic mass is 35.5. The number of amides is 2. The maximum absolute atomic E-state index is 11.9. The lowest BCUT2D eigenvalue weighted by Crippen LogP contribution is -2.30. The Morgan fingerprint density at radius 1 is 1.35 bits per heavy atom.